The van der Waals surface area contributed by atoms with Crippen LogP contribution in [0.3, 0.4) is 0 Å². The van der Waals surface area contributed by atoms with E-state index < -0.39 is 5.92 Å². The van der Waals surface area contributed by atoms with Gasteiger partial charge in [-0.05, 0) is 69.7 Å². The van der Waals surface area contributed by atoms with Crippen molar-refractivity contribution >= 4 is 28.8 Å². The Hall–Kier alpha value is -3.61. The molecule has 1 unspecified atom stereocenters. The zero-order valence-corrected chi connectivity index (χ0v) is 18.8. The Morgan fingerprint density at radius 3 is 2.45 bits per heavy atom. The van der Waals surface area contributed by atoms with Crippen LogP contribution in [-0.2, 0) is 4.79 Å². The number of hydrogen-bond acceptors (Lipinski definition) is 5. The smallest absolute Gasteiger partial charge is 0.236 e. The number of benzene rings is 1. The van der Waals surface area contributed by atoms with Gasteiger partial charge in [0.25, 0.3) is 0 Å². The molecule has 1 aromatic carbocycles. The van der Waals surface area contributed by atoms with Crippen LogP contribution in [0.25, 0.3) is 0 Å². The number of nitrogens with zero attached hydrogens (tertiary/aromatic N) is 4. The van der Waals surface area contributed by atoms with Crippen LogP contribution < -0.4 is 15.1 Å². The van der Waals surface area contributed by atoms with Crippen LogP contribution in [0.4, 0.5) is 22.9 Å². The minimum atomic E-state index is -0.440. The minimum Gasteiger partial charge on any atom is -0.378 e. The number of allylic oxidation sites excluding steroid dienone is 1. The number of nitrogens with one attached hydrogen (secondary N) is 2. The van der Waals surface area contributed by atoms with Crippen molar-refractivity contribution in [2.75, 3.05) is 29.2 Å². The predicted molar refractivity (Wildman–Crippen MR) is 125 cm³/mol. The average molecular weight is 417 g/mol. The number of pyridine rings is 1. The Kier molecular flexibility index (Phi) is 5.27. The Labute approximate surface area is 182 Å². The lowest BCUT2D eigenvalue weighted by Crippen LogP contribution is -2.28. The molecule has 4 rings (SSSR count). The van der Waals surface area contributed by atoms with E-state index in [1.165, 1.54) is 0 Å². The first-order valence-corrected chi connectivity index (χ1v) is 10.3. The number of anilines is 4. The molecule has 0 radical (unpaired) electrons. The summed E-state index contributed by atoms with van der Waals surface area (Å²) in [7, 11) is 4.04. The van der Waals surface area contributed by atoms with Crippen LogP contribution >= 0.6 is 0 Å². The summed E-state index contributed by atoms with van der Waals surface area (Å²) in [5.41, 5.74) is 7.41. The zero-order chi connectivity index (χ0) is 22.3. The standard InChI is InChI=1S/C24H28N6O/c1-14-11-12-25-17(4)22(14)26-24(31)20-13-15(2)30(23-21(20)16(3)27-28-23)19-9-7-18(8-10-19)29(5)6/h7-13,20H,1-6H3,(H,26,31)(H,27,28). The predicted octanol–water partition coefficient (Wildman–Crippen LogP) is 4.57. The summed E-state index contributed by atoms with van der Waals surface area (Å²) in [6.07, 6.45) is 3.75. The number of H-pyrrole nitrogens is 1. The fraction of sp³-hybridized carbons (Fsp3) is 0.292. The van der Waals surface area contributed by atoms with E-state index in [1.54, 1.807) is 6.20 Å². The highest BCUT2D eigenvalue weighted by molar-refractivity contribution is 6.00. The fourth-order valence-corrected chi connectivity index (χ4v) is 4.05. The number of aromatic nitrogens is 3. The first-order chi connectivity index (χ1) is 14.8. The Bertz CT molecular complexity index is 1140. The van der Waals surface area contributed by atoms with E-state index in [-0.39, 0.29) is 5.91 Å². The lowest BCUT2D eigenvalue weighted by molar-refractivity contribution is -0.116. The van der Waals surface area contributed by atoms with Crippen molar-refractivity contribution in [2.24, 2.45) is 0 Å². The van der Waals surface area contributed by atoms with Gasteiger partial charge in [-0.3, -0.25) is 19.8 Å². The van der Waals surface area contributed by atoms with Crippen molar-refractivity contribution < 1.29 is 4.79 Å². The van der Waals surface area contributed by atoms with Crippen molar-refractivity contribution in [3.05, 3.63) is 70.8 Å². The molecule has 0 aliphatic carbocycles. The molecule has 0 saturated carbocycles. The third-order valence-electron chi connectivity index (χ3n) is 5.76. The maximum atomic E-state index is 13.3. The van der Waals surface area contributed by atoms with Gasteiger partial charge in [0, 0.05) is 48.6 Å². The second-order valence-electron chi connectivity index (χ2n) is 8.20. The molecule has 0 fully saturated rings. The van der Waals surface area contributed by atoms with Crippen molar-refractivity contribution in [3.63, 3.8) is 0 Å². The summed E-state index contributed by atoms with van der Waals surface area (Å²) in [6.45, 7) is 7.83. The second kappa shape index (κ2) is 7.91. The van der Waals surface area contributed by atoms with Gasteiger partial charge in [-0.1, -0.05) is 0 Å². The van der Waals surface area contributed by atoms with Gasteiger partial charge in [0.2, 0.25) is 5.91 Å². The number of carbonyl (C=O) groups is 1. The number of rotatable bonds is 4. The highest BCUT2D eigenvalue weighted by Gasteiger charge is 2.34. The topological polar surface area (TPSA) is 77.1 Å². The summed E-state index contributed by atoms with van der Waals surface area (Å²) < 4.78 is 0. The van der Waals surface area contributed by atoms with Crippen molar-refractivity contribution in [1.82, 2.24) is 15.2 Å². The lowest BCUT2D eigenvalue weighted by Gasteiger charge is -2.31. The number of amides is 1. The number of fused-ring (bicyclic) bond motifs is 1. The summed E-state index contributed by atoms with van der Waals surface area (Å²) >= 11 is 0. The van der Waals surface area contributed by atoms with E-state index in [0.717, 1.165) is 51.1 Å². The van der Waals surface area contributed by atoms with Crippen LogP contribution in [0.15, 0.2) is 48.3 Å². The van der Waals surface area contributed by atoms with Crippen LogP contribution in [-0.4, -0.2) is 35.2 Å². The molecule has 3 heterocycles. The number of aromatic amines is 1. The lowest BCUT2D eigenvalue weighted by atomic mass is 9.92. The monoisotopic (exact) mass is 416 g/mol. The largest absolute Gasteiger partial charge is 0.378 e. The molecule has 0 bridgehead atoms. The average Bonchev–Trinajstić information content (AvgIpc) is 3.11. The first-order valence-electron chi connectivity index (χ1n) is 10.3. The van der Waals surface area contributed by atoms with Gasteiger partial charge >= 0.3 is 0 Å². The van der Waals surface area contributed by atoms with Gasteiger partial charge in [0.05, 0.1) is 17.3 Å². The van der Waals surface area contributed by atoms with E-state index in [2.05, 4.69) is 54.6 Å². The molecule has 7 heteroatoms. The molecule has 160 valence electrons. The summed E-state index contributed by atoms with van der Waals surface area (Å²) in [4.78, 5) is 21.8. The molecular weight excluding hydrogens is 388 g/mol. The highest BCUT2D eigenvalue weighted by Crippen LogP contribution is 2.42. The molecule has 1 aliphatic heterocycles. The van der Waals surface area contributed by atoms with E-state index in [9.17, 15) is 4.79 Å². The molecule has 2 aromatic heterocycles. The van der Waals surface area contributed by atoms with Gasteiger partial charge in [0.1, 0.15) is 0 Å². The Morgan fingerprint density at radius 1 is 1.10 bits per heavy atom. The fourth-order valence-electron chi connectivity index (χ4n) is 4.05. The van der Waals surface area contributed by atoms with E-state index in [0.29, 0.717) is 0 Å². The Balaban J connectivity index is 1.71. The summed E-state index contributed by atoms with van der Waals surface area (Å²) in [6, 6.07) is 10.2. The van der Waals surface area contributed by atoms with Crippen molar-refractivity contribution in [1.29, 1.82) is 0 Å². The summed E-state index contributed by atoms with van der Waals surface area (Å²) in [5.74, 6) is 0.229. The van der Waals surface area contributed by atoms with E-state index in [1.807, 2.05) is 53.9 Å². The van der Waals surface area contributed by atoms with Gasteiger partial charge in [-0.2, -0.15) is 5.10 Å². The molecule has 31 heavy (non-hydrogen) atoms. The van der Waals surface area contributed by atoms with Crippen LogP contribution in [0, 0.1) is 20.8 Å². The first kappa shape index (κ1) is 20.7. The maximum Gasteiger partial charge on any atom is 0.236 e. The molecule has 1 aliphatic rings. The molecule has 1 atom stereocenters. The SMILES string of the molecule is CC1=CC(C(=O)Nc2c(C)ccnc2C)c2c(n[nH]c2C)N1c1ccc(N(C)C)cc1. The van der Waals surface area contributed by atoms with Gasteiger partial charge in [0.15, 0.2) is 5.82 Å². The van der Waals surface area contributed by atoms with Crippen molar-refractivity contribution in [2.45, 2.75) is 33.6 Å². The van der Waals surface area contributed by atoms with Crippen LogP contribution in [0.2, 0.25) is 0 Å². The third kappa shape index (κ3) is 3.67. The van der Waals surface area contributed by atoms with Crippen LogP contribution in [0.5, 0.6) is 0 Å². The summed E-state index contributed by atoms with van der Waals surface area (Å²) in [5, 5.41) is 10.7. The van der Waals surface area contributed by atoms with Gasteiger partial charge in [-0.25, -0.2) is 0 Å². The number of hydrogen-bond donors (Lipinski definition) is 2. The second-order valence-corrected chi connectivity index (χ2v) is 8.20. The van der Waals surface area contributed by atoms with Gasteiger partial charge < -0.3 is 10.2 Å². The van der Waals surface area contributed by atoms with E-state index in [4.69, 9.17) is 0 Å². The molecule has 0 spiro atoms. The third-order valence-corrected chi connectivity index (χ3v) is 5.76. The zero-order valence-electron chi connectivity index (χ0n) is 18.8. The molecule has 2 N–H and O–H groups in total. The number of carbonyl (C=O) groups excluding carboxylic acids is 1. The molecular formula is C24H28N6O. The normalized spacial score (nSPS) is 15.4. The van der Waals surface area contributed by atoms with Crippen LogP contribution in [0.1, 0.15) is 35.4 Å². The quantitative estimate of drug-likeness (QED) is 0.651. The molecule has 3 aromatic rings. The molecule has 0 saturated heterocycles. The highest BCUT2D eigenvalue weighted by atomic mass is 16.1. The number of aryl methyl sites for hydroxylation is 3. The molecule has 7 nitrogen and oxygen atoms in total. The van der Waals surface area contributed by atoms with Crippen molar-refractivity contribution in [3.8, 4) is 0 Å². The molecule has 1 amide bonds. The minimum absolute atomic E-state index is 0.0908. The van der Waals surface area contributed by atoms with Gasteiger partial charge in [-0.15, -0.1) is 0 Å². The van der Waals surface area contributed by atoms with E-state index >= 15 is 0 Å². The maximum absolute atomic E-state index is 13.3. The Morgan fingerprint density at radius 2 is 1.81 bits per heavy atom.